The van der Waals surface area contributed by atoms with Crippen LogP contribution >= 0.6 is 0 Å². The molecule has 0 amide bonds. The zero-order valence-corrected chi connectivity index (χ0v) is 33.0. The van der Waals surface area contributed by atoms with Crippen molar-refractivity contribution < 1.29 is 9.22 Å². The van der Waals surface area contributed by atoms with E-state index in [9.17, 15) is 5.11 Å². The minimum absolute atomic E-state index is 0.161. The molecule has 7 aromatic carbocycles. The van der Waals surface area contributed by atoms with Crippen LogP contribution in [0, 0.1) is 13.8 Å². The van der Waals surface area contributed by atoms with Gasteiger partial charge in [0.1, 0.15) is 11.6 Å². The summed E-state index contributed by atoms with van der Waals surface area (Å²) in [7, 11) is 0. The summed E-state index contributed by atoms with van der Waals surface area (Å²) in [6.45, 7) is 6.00. The Kier molecular flexibility index (Phi) is 8.45. The zero-order valence-electron chi connectivity index (χ0n) is 36.0. The number of pyridine rings is 1. The number of rotatable bonds is 7. The van der Waals surface area contributed by atoms with Gasteiger partial charge in [0.2, 0.25) is 0 Å². The molecule has 0 radical (unpaired) electrons. The summed E-state index contributed by atoms with van der Waals surface area (Å²) in [6, 6.07) is 56.8. The lowest BCUT2D eigenvalue weighted by Gasteiger charge is -2.23. The minimum atomic E-state index is -2.32. The highest BCUT2D eigenvalue weighted by Gasteiger charge is 2.27. The van der Waals surface area contributed by atoms with Gasteiger partial charge in [0.25, 0.3) is 0 Å². The van der Waals surface area contributed by atoms with E-state index in [1.54, 1.807) is 12.1 Å². The van der Waals surface area contributed by atoms with E-state index in [2.05, 4.69) is 79.9 Å². The highest BCUT2D eigenvalue weighted by Crippen LogP contribution is 2.44. The van der Waals surface area contributed by atoms with Crippen LogP contribution in [0.5, 0.6) is 5.75 Å². The van der Waals surface area contributed by atoms with Gasteiger partial charge in [0.15, 0.2) is 0 Å². The number of aryl methyl sites for hydroxylation is 2. The number of benzene rings is 7. The quantitative estimate of drug-likeness (QED) is 0.176. The highest BCUT2D eigenvalue weighted by molar-refractivity contribution is 5.98. The molecule has 282 valence electrons. The molecule has 2 heterocycles. The highest BCUT2D eigenvalue weighted by atomic mass is 16.3. The summed E-state index contributed by atoms with van der Waals surface area (Å²) in [5.74, 6) is 0.707. The maximum Gasteiger partial charge on any atom is 0.149 e. The topological polar surface area (TPSA) is 50.9 Å². The van der Waals surface area contributed by atoms with E-state index >= 15 is 0 Å². The first-order chi connectivity index (χ1) is 29.3. The van der Waals surface area contributed by atoms with Crippen molar-refractivity contribution in [1.82, 2.24) is 14.5 Å². The molecule has 9 aromatic rings. The fourth-order valence-corrected chi connectivity index (χ4v) is 7.98. The second-order valence-electron chi connectivity index (χ2n) is 16.0. The molecule has 58 heavy (non-hydrogen) atoms. The van der Waals surface area contributed by atoms with Gasteiger partial charge in [-0.1, -0.05) is 142 Å². The van der Waals surface area contributed by atoms with Gasteiger partial charge in [-0.2, -0.15) is 0 Å². The Morgan fingerprint density at radius 1 is 0.534 bits per heavy atom. The average molecular weight is 755 g/mol. The molecular weight excluding hydrogens is 707 g/mol. The molecule has 4 nitrogen and oxygen atoms in total. The van der Waals surface area contributed by atoms with Gasteiger partial charge in [0, 0.05) is 32.6 Å². The first kappa shape index (κ1) is 33.1. The molecule has 0 saturated carbocycles. The molecule has 2 aromatic heterocycles. The van der Waals surface area contributed by atoms with Gasteiger partial charge in [-0.3, -0.25) is 9.55 Å². The SMILES string of the molecule is [2H]C([2H])([2H])c1ccc(-n2c(-c3cc(C)cc(C(C)(C)C)c3O)nc3c(-c4cc(-c5ccccc5)cc(-c5cc(-c6ccccc6)ccn5)c4)cccc32)c(-c2ccccc2)c1. The molecule has 9 rings (SSSR count). The monoisotopic (exact) mass is 754 g/mol. The van der Waals surface area contributed by atoms with E-state index in [-0.39, 0.29) is 16.7 Å². The lowest BCUT2D eigenvalue weighted by molar-refractivity contribution is 0.448. The minimum Gasteiger partial charge on any atom is -0.507 e. The van der Waals surface area contributed by atoms with Gasteiger partial charge in [-0.25, -0.2) is 4.98 Å². The zero-order chi connectivity index (χ0) is 42.5. The molecule has 0 fully saturated rings. The number of para-hydroxylation sites is 1. The first-order valence-corrected chi connectivity index (χ1v) is 19.6. The normalized spacial score (nSPS) is 12.6. The number of imidazole rings is 1. The molecule has 0 unspecified atom stereocenters. The van der Waals surface area contributed by atoms with Crippen molar-refractivity contribution in [2.75, 3.05) is 0 Å². The number of hydrogen-bond donors (Lipinski definition) is 1. The van der Waals surface area contributed by atoms with Crippen molar-refractivity contribution >= 4 is 11.0 Å². The molecule has 0 saturated heterocycles. The third-order valence-electron chi connectivity index (χ3n) is 10.8. The molecular formula is C54H45N3O. The Bertz CT molecular complexity index is 3060. The van der Waals surface area contributed by atoms with Crippen LogP contribution in [0.3, 0.4) is 0 Å². The predicted octanol–water partition coefficient (Wildman–Crippen LogP) is 14.0. The number of nitrogens with zero attached hydrogens (tertiary/aromatic N) is 3. The van der Waals surface area contributed by atoms with Crippen LogP contribution < -0.4 is 0 Å². The fourth-order valence-electron chi connectivity index (χ4n) is 7.98. The summed E-state index contributed by atoms with van der Waals surface area (Å²) in [5.41, 5.74) is 14.1. The van der Waals surface area contributed by atoms with Crippen LogP contribution in [0.25, 0.3) is 83.9 Å². The van der Waals surface area contributed by atoms with E-state index < -0.39 is 6.85 Å². The number of phenolic OH excluding ortho intramolecular Hbond substituents is 1. The standard InChI is InChI=1S/C54H45N3O/c1-35-24-25-49(45(28-35)39-20-13-8-14-21-39)57-50-23-15-22-44(51(50)56-53(57)46-29-36(2)30-47(52(46)58)54(3,4)5)42-31-41(38-18-11-7-12-19-38)32-43(33-42)48-34-40(26-27-55-48)37-16-9-6-10-17-37/h6-34,58H,1-5H3/i1D3. The fraction of sp³-hybridized carbons (Fsp3) is 0.111. The van der Waals surface area contributed by atoms with Crippen molar-refractivity contribution in [3.63, 3.8) is 0 Å². The molecule has 0 bridgehead atoms. The van der Waals surface area contributed by atoms with Gasteiger partial charge in [0.05, 0.1) is 28.0 Å². The Labute approximate surface area is 345 Å². The van der Waals surface area contributed by atoms with E-state index in [0.29, 0.717) is 11.4 Å². The van der Waals surface area contributed by atoms with Crippen molar-refractivity contribution in [2.45, 2.75) is 40.0 Å². The van der Waals surface area contributed by atoms with Gasteiger partial charge in [-0.05, 0) is 113 Å². The molecule has 0 aliphatic rings. The third-order valence-corrected chi connectivity index (χ3v) is 10.8. The average Bonchev–Trinajstić information content (AvgIpc) is 3.66. The molecule has 0 spiro atoms. The number of hydrogen-bond acceptors (Lipinski definition) is 3. The van der Waals surface area contributed by atoms with Crippen LogP contribution in [0.1, 0.15) is 41.6 Å². The summed E-state index contributed by atoms with van der Waals surface area (Å²) in [6.07, 6.45) is 1.86. The van der Waals surface area contributed by atoms with E-state index in [1.807, 2.05) is 116 Å². The van der Waals surface area contributed by atoms with Crippen LogP contribution in [0.4, 0.5) is 0 Å². The predicted molar refractivity (Wildman–Crippen MR) is 241 cm³/mol. The Morgan fingerprint density at radius 2 is 1.17 bits per heavy atom. The van der Waals surface area contributed by atoms with E-state index in [1.165, 1.54) is 0 Å². The van der Waals surface area contributed by atoms with Crippen molar-refractivity contribution in [3.05, 3.63) is 193 Å². The second kappa shape index (κ2) is 14.8. The number of phenols is 1. The van der Waals surface area contributed by atoms with Crippen LogP contribution in [0.2, 0.25) is 0 Å². The second-order valence-corrected chi connectivity index (χ2v) is 16.0. The lowest BCUT2D eigenvalue weighted by Crippen LogP contribution is -2.12. The van der Waals surface area contributed by atoms with E-state index in [0.717, 1.165) is 83.6 Å². The first-order valence-electron chi connectivity index (χ1n) is 21.1. The summed E-state index contributed by atoms with van der Waals surface area (Å²) in [4.78, 5) is 10.4. The maximum atomic E-state index is 12.2. The van der Waals surface area contributed by atoms with Crippen LogP contribution in [0.15, 0.2) is 176 Å². The van der Waals surface area contributed by atoms with E-state index in [4.69, 9.17) is 14.1 Å². The molecule has 0 aliphatic heterocycles. The Hall–Kier alpha value is -7.04. The molecule has 0 atom stereocenters. The van der Waals surface area contributed by atoms with Gasteiger partial charge < -0.3 is 5.11 Å². The van der Waals surface area contributed by atoms with Crippen LogP contribution in [-0.4, -0.2) is 19.6 Å². The summed E-state index contributed by atoms with van der Waals surface area (Å²) in [5, 5.41) is 12.2. The lowest BCUT2D eigenvalue weighted by atomic mass is 9.84. The summed E-state index contributed by atoms with van der Waals surface area (Å²) >= 11 is 0. The molecule has 4 heteroatoms. The Balaban J connectivity index is 1.35. The van der Waals surface area contributed by atoms with Crippen molar-refractivity contribution in [3.8, 4) is 78.6 Å². The maximum absolute atomic E-state index is 12.2. The third kappa shape index (κ3) is 6.88. The van der Waals surface area contributed by atoms with Crippen molar-refractivity contribution in [1.29, 1.82) is 0 Å². The number of aromatic nitrogens is 3. The van der Waals surface area contributed by atoms with Gasteiger partial charge in [-0.15, -0.1) is 0 Å². The van der Waals surface area contributed by atoms with Gasteiger partial charge >= 0.3 is 0 Å². The molecule has 1 N–H and O–H groups in total. The Morgan fingerprint density at radius 3 is 1.86 bits per heavy atom. The largest absolute Gasteiger partial charge is 0.507 e. The van der Waals surface area contributed by atoms with Crippen molar-refractivity contribution in [2.24, 2.45) is 0 Å². The van der Waals surface area contributed by atoms with Crippen LogP contribution in [-0.2, 0) is 5.41 Å². The smallest absolute Gasteiger partial charge is 0.149 e. The molecule has 0 aliphatic carbocycles. The summed E-state index contributed by atoms with van der Waals surface area (Å²) < 4.78 is 27.1. The number of aromatic hydroxyl groups is 1. The number of fused-ring (bicyclic) bond motifs is 1.